The second-order valence-corrected chi connectivity index (χ2v) is 6.03. The molecule has 0 fully saturated rings. The third-order valence-corrected chi connectivity index (χ3v) is 3.36. The largest absolute Gasteiger partial charge is 0.310 e. The smallest absolute Gasteiger partial charge is 0.0220 e. The lowest BCUT2D eigenvalue weighted by molar-refractivity contribution is 0.267. The molecular formula is C15H34N2. The van der Waals surface area contributed by atoms with Gasteiger partial charge in [-0.3, -0.25) is 0 Å². The molecule has 0 bridgehead atoms. The van der Waals surface area contributed by atoms with Crippen LogP contribution in [0.5, 0.6) is 0 Å². The van der Waals surface area contributed by atoms with E-state index < -0.39 is 0 Å². The van der Waals surface area contributed by atoms with Gasteiger partial charge in [-0.2, -0.15) is 0 Å². The van der Waals surface area contributed by atoms with Crippen LogP contribution >= 0.6 is 0 Å². The van der Waals surface area contributed by atoms with Crippen molar-refractivity contribution in [1.82, 2.24) is 10.2 Å². The molecule has 0 saturated heterocycles. The van der Waals surface area contributed by atoms with E-state index in [9.17, 15) is 0 Å². The Morgan fingerprint density at radius 2 is 1.65 bits per heavy atom. The summed E-state index contributed by atoms with van der Waals surface area (Å²) >= 11 is 0. The summed E-state index contributed by atoms with van der Waals surface area (Å²) in [7, 11) is 4.31. The van der Waals surface area contributed by atoms with Crippen LogP contribution in [-0.2, 0) is 0 Å². The highest BCUT2D eigenvalue weighted by molar-refractivity contribution is 4.76. The molecule has 1 N–H and O–H groups in total. The number of rotatable bonds is 10. The zero-order valence-corrected chi connectivity index (χ0v) is 12.9. The molecule has 0 heterocycles. The monoisotopic (exact) mass is 242 g/mol. The number of likely N-dealkylation sites (N-methyl/N-ethyl adjacent to an activating group) is 1. The first-order valence-electron chi connectivity index (χ1n) is 7.38. The van der Waals surface area contributed by atoms with Gasteiger partial charge in [0.25, 0.3) is 0 Å². The Labute approximate surface area is 109 Å². The van der Waals surface area contributed by atoms with E-state index in [0.29, 0.717) is 18.0 Å². The molecular weight excluding hydrogens is 208 g/mol. The molecule has 0 aromatic rings. The van der Waals surface area contributed by atoms with E-state index in [2.05, 4.69) is 52.0 Å². The molecule has 2 heteroatoms. The number of hydrogen-bond acceptors (Lipinski definition) is 2. The number of hydrogen-bond donors (Lipinski definition) is 1. The maximum Gasteiger partial charge on any atom is 0.0220 e. The minimum absolute atomic E-state index is 0.617. The zero-order valence-electron chi connectivity index (χ0n) is 12.9. The van der Waals surface area contributed by atoms with E-state index in [-0.39, 0.29) is 0 Å². The maximum atomic E-state index is 3.78. The lowest BCUT2D eigenvalue weighted by Gasteiger charge is -2.29. The highest BCUT2D eigenvalue weighted by Gasteiger charge is 2.16. The normalized spacial score (nSPS) is 15.5. The van der Waals surface area contributed by atoms with Crippen molar-refractivity contribution < 1.29 is 0 Å². The number of unbranched alkanes of at least 4 members (excludes halogenated alkanes) is 3. The van der Waals surface area contributed by atoms with E-state index in [1.54, 1.807) is 0 Å². The quantitative estimate of drug-likeness (QED) is 0.590. The molecule has 17 heavy (non-hydrogen) atoms. The van der Waals surface area contributed by atoms with Crippen molar-refractivity contribution in [3.8, 4) is 0 Å². The van der Waals surface area contributed by atoms with Gasteiger partial charge in [0.05, 0.1) is 0 Å². The first-order valence-corrected chi connectivity index (χ1v) is 7.38. The SMILES string of the molecule is CCCCCCC(C)NC(CN(C)C)C(C)C. The van der Waals surface area contributed by atoms with Gasteiger partial charge in [-0.05, 0) is 33.4 Å². The van der Waals surface area contributed by atoms with Gasteiger partial charge in [-0.15, -0.1) is 0 Å². The predicted molar refractivity (Wildman–Crippen MR) is 78.5 cm³/mol. The van der Waals surface area contributed by atoms with E-state index in [4.69, 9.17) is 0 Å². The molecule has 104 valence electrons. The third-order valence-electron chi connectivity index (χ3n) is 3.36. The Kier molecular flexibility index (Phi) is 9.85. The van der Waals surface area contributed by atoms with Gasteiger partial charge < -0.3 is 10.2 Å². The Hall–Kier alpha value is -0.0800. The molecule has 0 aromatic carbocycles. The molecule has 2 nitrogen and oxygen atoms in total. The Balaban J connectivity index is 3.83. The van der Waals surface area contributed by atoms with Crippen molar-refractivity contribution in [2.24, 2.45) is 5.92 Å². The molecule has 0 radical (unpaired) electrons. The summed E-state index contributed by atoms with van der Waals surface area (Å²) in [5.41, 5.74) is 0. The van der Waals surface area contributed by atoms with E-state index in [1.165, 1.54) is 32.1 Å². The van der Waals surface area contributed by atoms with Gasteiger partial charge in [0.2, 0.25) is 0 Å². The van der Waals surface area contributed by atoms with Crippen molar-refractivity contribution in [2.45, 2.75) is 71.9 Å². The highest BCUT2D eigenvalue weighted by atomic mass is 15.1. The van der Waals surface area contributed by atoms with Gasteiger partial charge in [0.1, 0.15) is 0 Å². The summed E-state index contributed by atoms with van der Waals surface area (Å²) in [6.45, 7) is 10.4. The topological polar surface area (TPSA) is 15.3 Å². The number of nitrogens with zero attached hydrogens (tertiary/aromatic N) is 1. The fourth-order valence-electron chi connectivity index (χ4n) is 2.18. The summed E-state index contributed by atoms with van der Waals surface area (Å²) in [6, 6.07) is 1.27. The van der Waals surface area contributed by atoms with Gasteiger partial charge in [0.15, 0.2) is 0 Å². The fourth-order valence-corrected chi connectivity index (χ4v) is 2.18. The average molecular weight is 242 g/mol. The lowest BCUT2D eigenvalue weighted by Crippen LogP contribution is -2.45. The predicted octanol–water partition coefficient (Wildman–Crippen LogP) is 3.52. The van der Waals surface area contributed by atoms with Crippen LogP contribution < -0.4 is 5.32 Å². The summed E-state index contributed by atoms with van der Waals surface area (Å²) in [5.74, 6) is 0.704. The van der Waals surface area contributed by atoms with Gasteiger partial charge in [-0.25, -0.2) is 0 Å². The van der Waals surface area contributed by atoms with Gasteiger partial charge in [0, 0.05) is 18.6 Å². The standard InChI is InChI=1S/C15H34N2/c1-7-8-9-10-11-14(4)16-15(13(2)3)12-17(5)6/h13-16H,7-12H2,1-6H3. The van der Waals surface area contributed by atoms with Crippen LogP contribution in [-0.4, -0.2) is 37.6 Å². The average Bonchev–Trinajstić information content (AvgIpc) is 2.22. The number of nitrogens with one attached hydrogen (secondary N) is 1. The molecule has 0 aliphatic carbocycles. The van der Waals surface area contributed by atoms with Crippen molar-refractivity contribution in [1.29, 1.82) is 0 Å². The van der Waals surface area contributed by atoms with Gasteiger partial charge >= 0.3 is 0 Å². The van der Waals surface area contributed by atoms with Crippen LogP contribution in [0.2, 0.25) is 0 Å². The molecule has 2 atom stereocenters. The second kappa shape index (κ2) is 9.90. The Bertz CT molecular complexity index is 166. The first kappa shape index (κ1) is 16.9. The lowest BCUT2D eigenvalue weighted by atomic mass is 10.0. The van der Waals surface area contributed by atoms with E-state index in [1.807, 2.05) is 0 Å². The van der Waals surface area contributed by atoms with Crippen molar-refractivity contribution in [3.63, 3.8) is 0 Å². The minimum Gasteiger partial charge on any atom is -0.310 e. The van der Waals surface area contributed by atoms with Crippen molar-refractivity contribution >= 4 is 0 Å². The van der Waals surface area contributed by atoms with Gasteiger partial charge in [-0.1, -0.05) is 46.5 Å². The fraction of sp³-hybridized carbons (Fsp3) is 1.00. The Morgan fingerprint density at radius 1 is 1.00 bits per heavy atom. The first-order chi connectivity index (χ1) is 7.97. The molecule has 0 aliphatic rings. The zero-order chi connectivity index (χ0) is 13.3. The molecule has 0 aliphatic heterocycles. The Morgan fingerprint density at radius 3 is 2.12 bits per heavy atom. The van der Waals surface area contributed by atoms with Crippen molar-refractivity contribution in [3.05, 3.63) is 0 Å². The van der Waals surface area contributed by atoms with Crippen LogP contribution in [0.4, 0.5) is 0 Å². The van der Waals surface area contributed by atoms with Crippen LogP contribution in [0.3, 0.4) is 0 Å². The molecule has 2 unspecified atom stereocenters. The van der Waals surface area contributed by atoms with E-state index in [0.717, 1.165) is 6.54 Å². The minimum atomic E-state index is 0.617. The highest BCUT2D eigenvalue weighted by Crippen LogP contribution is 2.09. The summed E-state index contributed by atoms with van der Waals surface area (Å²) < 4.78 is 0. The third kappa shape index (κ3) is 9.61. The van der Waals surface area contributed by atoms with E-state index >= 15 is 0 Å². The maximum absolute atomic E-state index is 3.78. The van der Waals surface area contributed by atoms with Crippen LogP contribution in [0.25, 0.3) is 0 Å². The molecule has 0 amide bonds. The summed E-state index contributed by atoms with van der Waals surface area (Å²) in [5, 5.41) is 3.78. The van der Waals surface area contributed by atoms with Crippen molar-refractivity contribution in [2.75, 3.05) is 20.6 Å². The van der Waals surface area contributed by atoms with Crippen LogP contribution in [0.1, 0.15) is 59.8 Å². The molecule has 0 aromatic heterocycles. The molecule has 0 rings (SSSR count). The summed E-state index contributed by atoms with van der Waals surface area (Å²) in [6.07, 6.45) is 6.79. The van der Waals surface area contributed by atoms with Crippen LogP contribution in [0.15, 0.2) is 0 Å². The molecule has 0 spiro atoms. The second-order valence-electron chi connectivity index (χ2n) is 6.03. The van der Waals surface area contributed by atoms with Crippen LogP contribution in [0, 0.1) is 5.92 Å². The summed E-state index contributed by atoms with van der Waals surface area (Å²) in [4.78, 5) is 2.28. The molecule has 0 saturated carbocycles.